The number of hydrogen-bond donors (Lipinski definition) is 1. The maximum Gasteiger partial charge on any atom is 0.0634 e. The van der Waals surface area contributed by atoms with Gasteiger partial charge in [-0.25, -0.2) is 0 Å². The minimum absolute atomic E-state index is 0.00213. The van der Waals surface area contributed by atoms with Crippen LogP contribution in [0.3, 0.4) is 0 Å². The first-order valence-electron chi connectivity index (χ1n) is 9.09. The van der Waals surface area contributed by atoms with Crippen molar-refractivity contribution in [3.8, 4) is 0 Å². The summed E-state index contributed by atoms with van der Waals surface area (Å²) in [5.74, 6) is 0. The molecule has 1 aliphatic carbocycles. The van der Waals surface area contributed by atoms with Gasteiger partial charge in [-0.1, -0.05) is 25.7 Å². The van der Waals surface area contributed by atoms with Crippen molar-refractivity contribution in [2.24, 2.45) is 0 Å². The lowest BCUT2D eigenvalue weighted by Gasteiger charge is -2.48. The second kappa shape index (κ2) is 7.94. The zero-order chi connectivity index (χ0) is 15.2. The van der Waals surface area contributed by atoms with Crippen LogP contribution in [0.1, 0.15) is 71.6 Å². The van der Waals surface area contributed by atoms with Gasteiger partial charge in [0, 0.05) is 19.2 Å². The van der Waals surface area contributed by atoms with E-state index in [1.165, 1.54) is 71.0 Å². The van der Waals surface area contributed by atoms with E-state index in [0.717, 1.165) is 13.0 Å². The second-order valence-electron chi connectivity index (χ2n) is 7.72. The molecule has 1 heterocycles. The molecule has 0 amide bonds. The van der Waals surface area contributed by atoms with Crippen LogP contribution in [-0.4, -0.2) is 49.3 Å². The summed E-state index contributed by atoms with van der Waals surface area (Å²) in [6, 6.07) is 0. The molecular weight excluding hydrogens is 260 g/mol. The summed E-state index contributed by atoms with van der Waals surface area (Å²) in [6.07, 6.45) is 12.4. The molecule has 124 valence electrons. The molecule has 0 unspecified atom stereocenters. The number of nitrogens with one attached hydrogen (secondary N) is 1. The number of likely N-dealkylation sites (tertiary alicyclic amines) is 1. The van der Waals surface area contributed by atoms with Crippen molar-refractivity contribution in [1.82, 2.24) is 10.2 Å². The summed E-state index contributed by atoms with van der Waals surface area (Å²) in [7, 11) is 1.82. The van der Waals surface area contributed by atoms with Gasteiger partial charge in [-0.05, 0) is 65.6 Å². The predicted molar refractivity (Wildman–Crippen MR) is 89.8 cm³/mol. The predicted octanol–water partition coefficient (Wildman–Crippen LogP) is 3.58. The Morgan fingerprint density at radius 2 is 1.62 bits per heavy atom. The monoisotopic (exact) mass is 296 g/mol. The summed E-state index contributed by atoms with van der Waals surface area (Å²) in [6.45, 7) is 9.24. The van der Waals surface area contributed by atoms with Crippen molar-refractivity contribution in [1.29, 1.82) is 0 Å². The van der Waals surface area contributed by atoms with Crippen LogP contribution in [-0.2, 0) is 4.74 Å². The van der Waals surface area contributed by atoms with Crippen molar-refractivity contribution < 1.29 is 4.74 Å². The number of hydrogen-bond acceptors (Lipinski definition) is 3. The fraction of sp³-hybridized carbons (Fsp3) is 1.00. The Labute approximate surface area is 131 Å². The topological polar surface area (TPSA) is 24.5 Å². The highest BCUT2D eigenvalue weighted by atomic mass is 16.5. The van der Waals surface area contributed by atoms with Gasteiger partial charge in [0.2, 0.25) is 0 Å². The molecular formula is C18H36N2O. The summed E-state index contributed by atoms with van der Waals surface area (Å²) >= 11 is 0. The van der Waals surface area contributed by atoms with Crippen LogP contribution in [0.5, 0.6) is 0 Å². The SMILES string of the molecule is COC(C)(C)CCNCC1(N2CCCCC2)CCCCC1. The Morgan fingerprint density at radius 3 is 2.24 bits per heavy atom. The van der Waals surface area contributed by atoms with Crippen molar-refractivity contribution in [2.75, 3.05) is 33.3 Å². The van der Waals surface area contributed by atoms with Crippen LogP contribution >= 0.6 is 0 Å². The molecule has 2 rings (SSSR count). The van der Waals surface area contributed by atoms with E-state index in [1.807, 2.05) is 7.11 Å². The molecule has 1 N–H and O–H groups in total. The standard InChI is InChI=1S/C18H36N2O/c1-17(2,21-3)12-13-19-16-18(10-6-4-7-11-18)20-14-8-5-9-15-20/h19H,4-16H2,1-3H3. The summed E-state index contributed by atoms with van der Waals surface area (Å²) in [4.78, 5) is 2.82. The highest BCUT2D eigenvalue weighted by Crippen LogP contribution is 2.35. The molecule has 2 aliphatic rings. The molecule has 3 nitrogen and oxygen atoms in total. The van der Waals surface area contributed by atoms with Gasteiger partial charge in [-0.2, -0.15) is 0 Å². The van der Waals surface area contributed by atoms with E-state index in [-0.39, 0.29) is 5.60 Å². The zero-order valence-corrected chi connectivity index (χ0v) is 14.5. The first kappa shape index (κ1) is 17.2. The molecule has 1 aliphatic heterocycles. The summed E-state index contributed by atoms with van der Waals surface area (Å²) in [5.41, 5.74) is 0.452. The average Bonchev–Trinajstić information content (AvgIpc) is 2.53. The molecule has 21 heavy (non-hydrogen) atoms. The Morgan fingerprint density at radius 1 is 1.00 bits per heavy atom. The fourth-order valence-electron chi connectivity index (χ4n) is 4.00. The van der Waals surface area contributed by atoms with Gasteiger partial charge in [0.25, 0.3) is 0 Å². The smallest absolute Gasteiger partial charge is 0.0634 e. The third-order valence-electron chi connectivity index (χ3n) is 5.72. The van der Waals surface area contributed by atoms with Gasteiger partial charge in [0.05, 0.1) is 5.60 Å². The lowest BCUT2D eigenvalue weighted by atomic mass is 9.79. The first-order chi connectivity index (χ1) is 10.1. The van der Waals surface area contributed by atoms with Crippen molar-refractivity contribution >= 4 is 0 Å². The molecule has 0 spiro atoms. The molecule has 1 saturated heterocycles. The third kappa shape index (κ3) is 4.94. The van der Waals surface area contributed by atoms with Gasteiger partial charge in [-0.15, -0.1) is 0 Å². The molecule has 3 heteroatoms. The number of rotatable bonds is 7. The van der Waals surface area contributed by atoms with Crippen LogP contribution in [0.25, 0.3) is 0 Å². The molecule has 0 bridgehead atoms. The molecule has 0 radical (unpaired) electrons. The minimum atomic E-state index is -0.00213. The second-order valence-corrected chi connectivity index (χ2v) is 7.72. The molecule has 1 saturated carbocycles. The van der Waals surface area contributed by atoms with Gasteiger partial charge >= 0.3 is 0 Å². The highest BCUT2D eigenvalue weighted by Gasteiger charge is 2.37. The van der Waals surface area contributed by atoms with E-state index >= 15 is 0 Å². The Hall–Kier alpha value is -0.120. The number of nitrogens with zero attached hydrogens (tertiary/aromatic N) is 1. The van der Waals surface area contributed by atoms with E-state index in [0.29, 0.717) is 5.54 Å². The van der Waals surface area contributed by atoms with Crippen LogP contribution in [0, 0.1) is 0 Å². The lowest BCUT2D eigenvalue weighted by Crippen LogP contribution is -2.57. The van der Waals surface area contributed by atoms with Crippen LogP contribution < -0.4 is 5.32 Å². The Kier molecular flexibility index (Phi) is 6.51. The van der Waals surface area contributed by atoms with E-state index in [2.05, 4.69) is 24.1 Å². The van der Waals surface area contributed by atoms with E-state index in [1.54, 1.807) is 0 Å². The Balaban J connectivity index is 1.84. The summed E-state index contributed by atoms with van der Waals surface area (Å²) < 4.78 is 5.52. The summed E-state index contributed by atoms with van der Waals surface area (Å²) in [5, 5.41) is 3.76. The quantitative estimate of drug-likeness (QED) is 0.727. The van der Waals surface area contributed by atoms with Gasteiger partial charge in [-0.3, -0.25) is 4.90 Å². The van der Waals surface area contributed by atoms with E-state index in [4.69, 9.17) is 4.74 Å². The van der Waals surface area contributed by atoms with Gasteiger partial charge in [0.15, 0.2) is 0 Å². The molecule has 0 aromatic heterocycles. The van der Waals surface area contributed by atoms with Gasteiger partial charge < -0.3 is 10.1 Å². The van der Waals surface area contributed by atoms with E-state index in [9.17, 15) is 0 Å². The first-order valence-corrected chi connectivity index (χ1v) is 9.09. The number of piperidine rings is 1. The Bertz CT molecular complexity index is 292. The molecule has 0 atom stereocenters. The zero-order valence-electron chi connectivity index (χ0n) is 14.5. The molecule has 2 fully saturated rings. The minimum Gasteiger partial charge on any atom is -0.379 e. The largest absolute Gasteiger partial charge is 0.379 e. The number of ether oxygens (including phenoxy) is 1. The fourth-order valence-corrected chi connectivity index (χ4v) is 4.00. The van der Waals surface area contributed by atoms with E-state index < -0.39 is 0 Å². The van der Waals surface area contributed by atoms with Crippen LogP contribution in [0.4, 0.5) is 0 Å². The van der Waals surface area contributed by atoms with Crippen LogP contribution in [0.2, 0.25) is 0 Å². The number of methoxy groups -OCH3 is 1. The van der Waals surface area contributed by atoms with Gasteiger partial charge in [0.1, 0.15) is 0 Å². The molecule has 0 aromatic rings. The van der Waals surface area contributed by atoms with Crippen molar-refractivity contribution in [3.05, 3.63) is 0 Å². The van der Waals surface area contributed by atoms with Crippen molar-refractivity contribution in [2.45, 2.75) is 82.8 Å². The van der Waals surface area contributed by atoms with Crippen LogP contribution in [0.15, 0.2) is 0 Å². The average molecular weight is 296 g/mol. The maximum absolute atomic E-state index is 5.52. The van der Waals surface area contributed by atoms with Crippen molar-refractivity contribution in [3.63, 3.8) is 0 Å². The lowest BCUT2D eigenvalue weighted by molar-refractivity contribution is 0.0108. The maximum atomic E-state index is 5.52. The normalized spacial score (nSPS) is 24.1. The third-order valence-corrected chi connectivity index (χ3v) is 5.72. The molecule has 0 aromatic carbocycles. The highest BCUT2D eigenvalue weighted by molar-refractivity contribution is 4.96.